The average molecular weight is 406 g/mol. The van der Waals surface area contributed by atoms with Crippen LogP contribution in [-0.2, 0) is 4.79 Å². The van der Waals surface area contributed by atoms with E-state index in [1.165, 1.54) is 6.92 Å². The van der Waals surface area contributed by atoms with Gasteiger partial charge in [-0.3, -0.25) is 9.69 Å². The van der Waals surface area contributed by atoms with E-state index in [9.17, 15) is 35.5 Å². The summed E-state index contributed by atoms with van der Waals surface area (Å²) in [6, 6.07) is 1.61. The number of hydrogen-bond donors (Lipinski definition) is 0. The monoisotopic (exact) mass is 406 g/mol. The van der Waals surface area contributed by atoms with E-state index in [-0.39, 0.29) is 16.2 Å². The second-order valence-corrected chi connectivity index (χ2v) is 6.94. The van der Waals surface area contributed by atoms with E-state index >= 15 is 0 Å². The summed E-state index contributed by atoms with van der Waals surface area (Å²) < 4.78 is 89.0. The van der Waals surface area contributed by atoms with E-state index in [4.69, 9.17) is 0 Å². The molecule has 0 atom stereocenters. The molecule has 0 unspecified atom stereocenters. The Kier molecular flexibility index (Phi) is 5.62. The molecule has 12 heteroatoms. The van der Waals surface area contributed by atoms with Crippen molar-refractivity contribution in [2.24, 2.45) is 4.99 Å². The molecule has 0 radical (unpaired) electrons. The number of aryl methyl sites for hydroxylation is 1. The first-order valence-electron chi connectivity index (χ1n) is 6.50. The Labute approximate surface area is 145 Å². The Morgan fingerprint density at radius 1 is 1.24 bits per heavy atom. The molecule has 1 aromatic rings. The SMILES string of the molecule is Cc1cc(F)c(N=C2SCC(=O)N2CC(F)(F)F)cc1SC(F)(F)F. The van der Waals surface area contributed by atoms with Crippen molar-refractivity contribution in [3.05, 3.63) is 23.5 Å². The van der Waals surface area contributed by atoms with Crippen molar-refractivity contribution in [2.75, 3.05) is 12.3 Å². The summed E-state index contributed by atoms with van der Waals surface area (Å²) in [6.07, 6.45) is -4.69. The number of benzene rings is 1. The third-order valence-electron chi connectivity index (χ3n) is 2.88. The number of halogens is 7. The van der Waals surface area contributed by atoms with Gasteiger partial charge < -0.3 is 0 Å². The summed E-state index contributed by atoms with van der Waals surface area (Å²) in [4.78, 5) is 15.2. The second kappa shape index (κ2) is 7.06. The summed E-state index contributed by atoms with van der Waals surface area (Å²) in [7, 11) is 0. The van der Waals surface area contributed by atoms with E-state index in [1.807, 2.05) is 0 Å². The van der Waals surface area contributed by atoms with Crippen LogP contribution in [0, 0.1) is 12.7 Å². The van der Waals surface area contributed by atoms with Crippen molar-refractivity contribution in [3.8, 4) is 0 Å². The van der Waals surface area contributed by atoms with Gasteiger partial charge >= 0.3 is 11.7 Å². The minimum Gasteiger partial charge on any atom is -0.281 e. The molecule has 2 rings (SSSR count). The number of amidine groups is 1. The third kappa shape index (κ3) is 5.53. The van der Waals surface area contributed by atoms with Gasteiger partial charge in [-0.2, -0.15) is 26.3 Å². The lowest BCUT2D eigenvalue weighted by atomic mass is 10.2. The molecule has 0 N–H and O–H groups in total. The molecule has 1 aliphatic rings. The summed E-state index contributed by atoms with van der Waals surface area (Å²) >= 11 is 0.173. The van der Waals surface area contributed by atoms with E-state index in [1.54, 1.807) is 0 Å². The highest BCUT2D eigenvalue weighted by molar-refractivity contribution is 8.15. The van der Waals surface area contributed by atoms with Crippen LogP contribution in [0.25, 0.3) is 0 Å². The Morgan fingerprint density at radius 3 is 2.44 bits per heavy atom. The number of carbonyl (C=O) groups excluding carboxylic acids is 1. The molecule has 1 amide bonds. The van der Waals surface area contributed by atoms with Crippen molar-refractivity contribution in [2.45, 2.75) is 23.5 Å². The van der Waals surface area contributed by atoms with Crippen LogP contribution in [0.5, 0.6) is 0 Å². The van der Waals surface area contributed by atoms with Crippen LogP contribution in [-0.4, -0.2) is 40.0 Å². The van der Waals surface area contributed by atoms with Crippen LogP contribution >= 0.6 is 23.5 Å². The largest absolute Gasteiger partial charge is 0.446 e. The van der Waals surface area contributed by atoms with Gasteiger partial charge in [0.25, 0.3) is 0 Å². The van der Waals surface area contributed by atoms with E-state index in [0.29, 0.717) is 16.7 Å². The standard InChI is InChI=1S/C13H9F7N2OS2/c1-6-2-7(14)8(3-9(6)25-13(18,19)20)21-11-22(5-12(15,16)17)10(23)4-24-11/h2-3H,4-5H2,1H3. The first kappa shape index (κ1) is 19.9. The quantitative estimate of drug-likeness (QED) is 0.530. The fraction of sp³-hybridized carbons (Fsp3) is 0.385. The van der Waals surface area contributed by atoms with Crippen LogP contribution in [0.3, 0.4) is 0 Å². The highest BCUT2D eigenvalue weighted by atomic mass is 32.2. The van der Waals surface area contributed by atoms with Crippen molar-refractivity contribution in [3.63, 3.8) is 0 Å². The van der Waals surface area contributed by atoms with E-state index < -0.39 is 52.6 Å². The first-order chi connectivity index (χ1) is 11.4. The first-order valence-corrected chi connectivity index (χ1v) is 8.30. The molecule has 1 aliphatic heterocycles. The number of hydrogen-bond acceptors (Lipinski definition) is 4. The Balaban J connectivity index is 2.38. The summed E-state index contributed by atoms with van der Waals surface area (Å²) in [5, 5.41) is -0.409. The maximum Gasteiger partial charge on any atom is 0.446 e. The zero-order valence-corrected chi connectivity index (χ0v) is 14.0. The fourth-order valence-corrected chi connectivity index (χ4v) is 3.42. The number of amides is 1. The molecule has 1 heterocycles. The lowest BCUT2D eigenvalue weighted by molar-refractivity contribution is -0.150. The predicted octanol–water partition coefficient (Wildman–Crippen LogP) is 4.87. The maximum atomic E-state index is 13.9. The molecule has 138 valence electrons. The van der Waals surface area contributed by atoms with Crippen molar-refractivity contribution in [1.82, 2.24) is 4.90 Å². The van der Waals surface area contributed by atoms with Gasteiger partial charge in [0.1, 0.15) is 18.0 Å². The van der Waals surface area contributed by atoms with Gasteiger partial charge in [-0.25, -0.2) is 9.38 Å². The normalized spacial score (nSPS) is 17.7. The molecule has 0 spiro atoms. The van der Waals surface area contributed by atoms with Crippen LogP contribution < -0.4 is 0 Å². The highest BCUT2D eigenvalue weighted by Crippen LogP contribution is 2.41. The number of aliphatic imine (C=N–C) groups is 1. The molecule has 1 fully saturated rings. The minimum atomic E-state index is -4.69. The van der Waals surface area contributed by atoms with Crippen molar-refractivity contribution in [1.29, 1.82) is 0 Å². The number of nitrogens with zero attached hydrogens (tertiary/aromatic N) is 2. The molecule has 1 aromatic carbocycles. The molecule has 3 nitrogen and oxygen atoms in total. The molecular formula is C13H9F7N2OS2. The number of carbonyl (C=O) groups is 1. The summed E-state index contributed by atoms with van der Waals surface area (Å²) in [6.45, 7) is -0.340. The molecule has 0 aromatic heterocycles. The van der Waals surface area contributed by atoms with Gasteiger partial charge in [-0.15, -0.1) is 0 Å². The number of thioether (sulfide) groups is 2. The minimum absolute atomic E-state index is 0.00562. The van der Waals surface area contributed by atoms with Crippen molar-refractivity contribution < 1.29 is 35.5 Å². The predicted molar refractivity (Wildman–Crippen MR) is 80.4 cm³/mol. The number of alkyl halides is 6. The molecule has 0 bridgehead atoms. The van der Waals surface area contributed by atoms with Gasteiger partial charge in [-0.05, 0) is 36.4 Å². The second-order valence-electron chi connectivity index (χ2n) is 4.90. The van der Waals surface area contributed by atoms with Gasteiger partial charge in [-0.1, -0.05) is 11.8 Å². The summed E-state index contributed by atoms with van der Waals surface area (Å²) in [5.41, 5.74) is -5.18. The lowest BCUT2D eigenvalue weighted by Gasteiger charge is -2.18. The zero-order chi connectivity index (χ0) is 19.0. The molecule has 25 heavy (non-hydrogen) atoms. The molecule has 1 saturated heterocycles. The zero-order valence-electron chi connectivity index (χ0n) is 12.3. The van der Waals surface area contributed by atoms with Gasteiger partial charge in [0, 0.05) is 4.90 Å². The van der Waals surface area contributed by atoms with E-state index in [2.05, 4.69) is 4.99 Å². The topological polar surface area (TPSA) is 32.7 Å². The fourth-order valence-electron chi connectivity index (χ4n) is 1.88. The van der Waals surface area contributed by atoms with E-state index in [0.717, 1.165) is 12.1 Å². The van der Waals surface area contributed by atoms with Crippen LogP contribution in [0.4, 0.5) is 36.4 Å². The third-order valence-corrected chi connectivity index (χ3v) is 4.73. The Morgan fingerprint density at radius 2 is 1.88 bits per heavy atom. The Hall–Kier alpha value is -1.43. The molecular weight excluding hydrogens is 397 g/mol. The molecule has 0 saturated carbocycles. The molecule has 0 aliphatic carbocycles. The van der Waals surface area contributed by atoms with Crippen molar-refractivity contribution >= 4 is 40.3 Å². The maximum absolute atomic E-state index is 13.9. The van der Waals surface area contributed by atoms with Gasteiger partial charge in [0.2, 0.25) is 5.91 Å². The Bertz CT molecular complexity index is 716. The van der Waals surface area contributed by atoms with Gasteiger partial charge in [0.05, 0.1) is 5.75 Å². The smallest absolute Gasteiger partial charge is 0.281 e. The number of rotatable bonds is 3. The van der Waals surface area contributed by atoms with Crippen LogP contribution in [0.1, 0.15) is 5.56 Å². The van der Waals surface area contributed by atoms with Gasteiger partial charge in [0.15, 0.2) is 5.17 Å². The highest BCUT2D eigenvalue weighted by Gasteiger charge is 2.39. The van der Waals surface area contributed by atoms with Crippen LogP contribution in [0.2, 0.25) is 0 Å². The summed E-state index contributed by atoms with van der Waals surface area (Å²) in [5.74, 6) is -2.17. The lowest BCUT2D eigenvalue weighted by Crippen LogP contribution is -2.38. The van der Waals surface area contributed by atoms with Crippen LogP contribution in [0.15, 0.2) is 22.0 Å². The average Bonchev–Trinajstić information content (AvgIpc) is 2.73.